The summed E-state index contributed by atoms with van der Waals surface area (Å²) in [6.45, 7) is 0. The molecule has 31 heavy (non-hydrogen) atoms. The molecule has 0 spiro atoms. The molecule has 7 rings (SSSR count). The Balaban J connectivity index is 1.71. The first kappa shape index (κ1) is 17.0. The summed E-state index contributed by atoms with van der Waals surface area (Å²) in [6, 6.07) is 33.7. The Morgan fingerprint density at radius 3 is 2.19 bits per heavy atom. The second kappa shape index (κ2) is 6.13. The summed E-state index contributed by atoms with van der Waals surface area (Å²) in [5.41, 5.74) is 4.96. The summed E-state index contributed by atoms with van der Waals surface area (Å²) in [5.74, 6) is 0. The van der Waals surface area contributed by atoms with Gasteiger partial charge in [0.15, 0.2) is 5.58 Å². The maximum Gasteiger partial charge on any atom is 0.160 e. The summed E-state index contributed by atoms with van der Waals surface area (Å²) < 4.78 is 8.67. The fraction of sp³-hybridized carbons (Fsp3) is 0. The number of halogens is 1. The molecule has 3 heteroatoms. The normalized spacial score (nSPS) is 12.0. The molecule has 0 radical (unpaired) electrons. The van der Waals surface area contributed by atoms with Crippen molar-refractivity contribution in [1.29, 1.82) is 0 Å². The molecule has 146 valence electrons. The minimum atomic E-state index is 0.704. The van der Waals surface area contributed by atoms with Crippen LogP contribution in [0.4, 0.5) is 0 Å². The second-order valence-electron chi connectivity index (χ2n) is 7.94. The molecular weight excluding hydrogens is 402 g/mol. The van der Waals surface area contributed by atoms with Gasteiger partial charge in [0.2, 0.25) is 0 Å². The lowest BCUT2D eigenvalue weighted by atomic mass is 10.1. The van der Waals surface area contributed by atoms with Crippen LogP contribution in [0.1, 0.15) is 0 Å². The largest absolute Gasteiger partial charge is 0.454 e. The van der Waals surface area contributed by atoms with Crippen molar-refractivity contribution in [2.45, 2.75) is 0 Å². The second-order valence-corrected chi connectivity index (χ2v) is 8.35. The molecule has 0 aliphatic rings. The molecule has 0 saturated carbocycles. The smallest absolute Gasteiger partial charge is 0.160 e. The van der Waals surface area contributed by atoms with Crippen molar-refractivity contribution in [3.63, 3.8) is 0 Å². The molecular formula is C28H16ClNO. The molecule has 0 saturated heterocycles. The highest BCUT2D eigenvalue weighted by Gasteiger charge is 2.19. The van der Waals surface area contributed by atoms with Crippen LogP contribution in [0.25, 0.3) is 60.2 Å². The topological polar surface area (TPSA) is 18.1 Å². The average Bonchev–Trinajstić information content (AvgIpc) is 3.35. The molecule has 2 aromatic heterocycles. The van der Waals surface area contributed by atoms with Crippen molar-refractivity contribution < 1.29 is 4.42 Å². The molecule has 0 atom stereocenters. The first-order valence-electron chi connectivity index (χ1n) is 10.3. The van der Waals surface area contributed by atoms with E-state index in [2.05, 4.69) is 77.4 Å². The fourth-order valence-corrected chi connectivity index (χ4v) is 5.12. The number of hydrogen-bond donors (Lipinski definition) is 0. The summed E-state index contributed by atoms with van der Waals surface area (Å²) >= 11 is 6.66. The Morgan fingerprint density at radius 1 is 0.613 bits per heavy atom. The zero-order valence-electron chi connectivity index (χ0n) is 16.5. The number of benzene rings is 5. The third kappa shape index (κ3) is 2.28. The lowest BCUT2D eigenvalue weighted by Gasteiger charge is -2.10. The molecule has 0 bridgehead atoms. The van der Waals surface area contributed by atoms with Crippen molar-refractivity contribution in [2.24, 2.45) is 0 Å². The van der Waals surface area contributed by atoms with E-state index in [1.807, 2.05) is 24.3 Å². The van der Waals surface area contributed by atoms with Crippen molar-refractivity contribution in [2.75, 3.05) is 0 Å². The zero-order valence-corrected chi connectivity index (χ0v) is 17.2. The molecule has 0 aliphatic carbocycles. The van der Waals surface area contributed by atoms with Crippen molar-refractivity contribution in [3.8, 4) is 5.69 Å². The molecule has 0 unspecified atom stereocenters. The Hall–Kier alpha value is -3.75. The summed E-state index contributed by atoms with van der Waals surface area (Å²) in [4.78, 5) is 0. The van der Waals surface area contributed by atoms with Crippen LogP contribution in [0.15, 0.2) is 101 Å². The highest BCUT2D eigenvalue weighted by molar-refractivity contribution is 6.38. The van der Waals surface area contributed by atoms with Gasteiger partial charge >= 0.3 is 0 Å². The Morgan fingerprint density at radius 2 is 1.32 bits per heavy atom. The quantitative estimate of drug-likeness (QED) is 0.262. The van der Waals surface area contributed by atoms with Gasteiger partial charge < -0.3 is 8.98 Å². The van der Waals surface area contributed by atoms with Crippen LogP contribution in [0.3, 0.4) is 0 Å². The van der Waals surface area contributed by atoms with Gasteiger partial charge in [-0.3, -0.25) is 0 Å². The molecule has 2 nitrogen and oxygen atoms in total. The maximum absolute atomic E-state index is 6.66. The number of nitrogens with zero attached hydrogens (tertiary/aromatic N) is 1. The minimum absolute atomic E-state index is 0.704. The van der Waals surface area contributed by atoms with E-state index < -0.39 is 0 Å². The Kier molecular flexibility index (Phi) is 3.36. The molecule has 0 fully saturated rings. The van der Waals surface area contributed by atoms with Gasteiger partial charge in [0, 0.05) is 21.5 Å². The monoisotopic (exact) mass is 417 g/mol. The lowest BCUT2D eigenvalue weighted by Crippen LogP contribution is -1.94. The molecule has 5 aromatic carbocycles. The van der Waals surface area contributed by atoms with E-state index in [1.54, 1.807) is 0 Å². The average molecular weight is 418 g/mol. The SMILES string of the molecule is Clc1ccc(-n2c3ccccc3c3cc4ccccc4cc32)c2oc3ccccc3c12. The van der Waals surface area contributed by atoms with Crippen molar-refractivity contribution in [3.05, 3.63) is 102 Å². The van der Waals surface area contributed by atoms with Gasteiger partial charge in [0.25, 0.3) is 0 Å². The van der Waals surface area contributed by atoms with Crippen LogP contribution in [-0.4, -0.2) is 4.57 Å². The van der Waals surface area contributed by atoms with Gasteiger partial charge in [-0.2, -0.15) is 0 Å². The molecule has 2 heterocycles. The van der Waals surface area contributed by atoms with Gasteiger partial charge in [-0.15, -0.1) is 0 Å². The van der Waals surface area contributed by atoms with E-state index in [4.69, 9.17) is 16.0 Å². The van der Waals surface area contributed by atoms with Crippen LogP contribution in [0, 0.1) is 0 Å². The van der Waals surface area contributed by atoms with E-state index in [0.29, 0.717) is 5.02 Å². The first-order valence-corrected chi connectivity index (χ1v) is 10.7. The third-order valence-electron chi connectivity index (χ3n) is 6.24. The highest BCUT2D eigenvalue weighted by atomic mass is 35.5. The van der Waals surface area contributed by atoms with E-state index >= 15 is 0 Å². The molecule has 7 aromatic rings. The molecule has 0 N–H and O–H groups in total. The maximum atomic E-state index is 6.66. The number of aromatic nitrogens is 1. The van der Waals surface area contributed by atoms with Crippen molar-refractivity contribution >= 4 is 66.1 Å². The number of hydrogen-bond acceptors (Lipinski definition) is 1. The van der Waals surface area contributed by atoms with Crippen molar-refractivity contribution in [1.82, 2.24) is 4.57 Å². The predicted molar refractivity (Wildman–Crippen MR) is 131 cm³/mol. The summed E-state index contributed by atoms with van der Waals surface area (Å²) in [6.07, 6.45) is 0. The van der Waals surface area contributed by atoms with Crippen LogP contribution in [0.5, 0.6) is 0 Å². The predicted octanol–water partition coefficient (Wildman–Crippen LogP) is 8.49. The van der Waals surface area contributed by atoms with Gasteiger partial charge in [-0.1, -0.05) is 72.3 Å². The summed E-state index contributed by atoms with van der Waals surface area (Å²) in [7, 11) is 0. The number of rotatable bonds is 1. The third-order valence-corrected chi connectivity index (χ3v) is 6.55. The van der Waals surface area contributed by atoms with Crippen LogP contribution in [0.2, 0.25) is 5.02 Å². The highest BCUT2D eigenvalue weighted by Crippen LogP contribution is 2.41. The number of para-hydroxylation sites is 2. The Labute approximate surface area is 182 Å². The molecule has 0 amide bonds. The van der Waals surface area contributed by atoms with E-state index in [9.17, 15) is 0 Å². The summed E-state index contributed by atoms with van der Waals surface area (Å²) in [5, 5.41) is 7.61. The zero-order chi connectivity index (χ0) is 20.5. The van der Waals surface area contributed by atoms with E-state index in [-0.39, 0.29) is 0 Å². The van der Waals surface area contributed by atoms with E-state index in [0.717, 1.165) is 38.7 Å². The lowest BCUT2D eigenvalue weighted by molar-refractivity contribution is 0.666. The molecule has 0 aliphatic heterocycles. The van der Waals surface area contributed by atoms with E-state index in [1.165, 1.54) is 21.5 Å². The number of fused-ring (bicyclic) bond motifs is 7. The van der Waals surface area contributed by atoms with Crippen LogP contribution >= 0.6 is 11.6 Å². The minimum Gasteiger partial charge on any atom is -0.454 e. The standard InChI is InChI=1S/C28H16ClNO/c29-22-13-14-24(28-27(22)20-10-4-6-12-26(20)31-28)30-23-11-5-3-9-19(23)21-15-17-7-1-2-8-18(17)16-25(21)30/h1-16H. The van der Waals surface area contributed by atoms with Gasteiger partial charge in [-0.05, 0) is 47.2 Å². The fourth-order valence-electron chi connectivity index (χ4n) is 4.86. The van der Waals surface area contributed by atoms with Gasteiger partial charge in [0.1, 0.15) is 5.58 Å². The first-order chi connectivity index (χ1) is 15.3. The van der Waals surface area contributed by atoms with Crippen LogP contribution < -0.4 is 0 Å². The van der Waals surface area contributed by atoms with Gasteiger partial charge in [0.05, 0.1) is 21.7 Å². The van der Waals surface area contributed by atoms with Gasteiger partial charge in [-0.25, -0.2) is 0 Å². The number of furan rings is 1. The Bertz CT molecular complexity index is 1810. The van der Waals surface area contributed by atoms with Crippen LogP contribution in [-0.2, 0) is 0 Å².